The minimum absolute atomic E-state index is 0.103. The number of benzene rings is 1. The number of halogens is 1. The van der Waals surface area contributed by atoms with Gasteiger partial charge in [-0.3, -0.25) is 9.59 Å². The van der Waals surface area contributed by atoms with Crippen molar-refractivity contribution in [2.24, 2.45) is 5.41 Å². The Morgan fingerprint density at radius 2 is 2.00 bits per heavy atom. The standard InChI is InChI=1S/C18H18FNO5/c1-18(17(22)23)8-9-20(11-18)16(21)15-7-6-14(25-15)10-24-13-4-2-12(19)3-5-13/h2-7H,8-11H2,1H3,(H,22,23). The summed E-state index contributed by atoms with van der Waals surface area (Å²) < 4.78 is 23.8. The van der Waals surface area contributed by atoms with Crippen molar-refractivity contribution in [1.82, 2.24) is 4.90 Å². The summed E-state index contributed by atoms with van der Waals surface area (Å²) in [6.07, 6.45) is 0.412. The maximum absolute atomic E-state index is 12.8. The number of rotatable bonds is 5. The molecule has 1 aromatic heterocycles. The van der Waals surface area contributed by atoms with E-state index < -0.39 is 11.4 Å². The summed E-state index contributed by atoms with van der Waals surface area (Å²) in [5.74, 6) is -0.506. The number of carboxylic acid groups (broad SMARTS) is 1. The van der Waals surface area contributed by atoms with Crippen molar-refractivity contribution >= 4 is 11.9 Å². The van der Waals surface area contributed by atoms with Crippen LogP contribution in [0.25, 0.3) is 0 Å². The van der Waals surface area contributed by atoms with Gasteiger partial charge in [0.05, 0.1) is 5.41 Å². The Morgan fingerprint density at radius 3 is 2.64 bits per heavy atom. The first kappa shape index (κ1) is 17.0. The van der Waals surface area contributed by atoms with E-state index in [0.717, 1.165) is 0 Å². The van der Waals surface area contributed by atoms with E-state index in [4.69, 9.17) is 9.15 Å². The first-order valence-corrected chi connectivity index (χ1v) is 7.87. The van der Waals surface area contributed by atoms with E-state index in [2.05, 4.69) is 0 Å². The number of amides is 1. The van der Waals surface area contributed by atoms with Gasteiger partial charge in [-0.25, -0.2) is 4.39 Å². The number of ether oxygens (including phenoxy) is 1. The minimum Gasteiger partial charge on any atom is -0.486 e. The van der Waals surface area contributed by atoms with Crippen LogP contribution in [0.15, 0.2) is 40.8 Å². The highest BCUT2D eigenvalue weighted by atomic mass is 19.1. The highest BCUT2D eigenvalue weighted by Gasteiger charge is 2.42. The molecule has 1 N–H and O–H groups in total. The van der Waals surface area contributed by atoms with E-state index >= 15 is 0 Å². The van der Waals surface area contributed by atoms with Gasteiger partial charge in [-0.2, -0.15) is 0 Å². The number of carboxylic acids is 1. The largest absolute Gasteiger partial charge is 0.486 e. The fourth-order valence-electron chi connectivity index (χ4n) is 2.72. The maximum Gasteiger partial charge on any atom is 0.311 e. The molecule has 25 heavy (non-hydrogen) atoms. The Bertz CT molecular complexity index is 785. The molecule has 0 radical (unpaired) electrons. The normalized spacial score (nSPS) is 19.8. The molecule has 132 valence electrons. The van der Waals surface area contributed by atoms with Gasteiger partial charge < -0.3 is 19.2 Å². The van der Waals surface area contributed by atoms with Crippen molar-refractivity contribution in [3.63, 3.8) is 0 Å². The molecule has 0 aliphatic carbocycles. The van der Waals surface area contributed by atoms with Crippen molar-refractivity contribution in [3.8, 4) is 5.75 Å². The molecule has 2 heterocycles. The molecule has 1 unspecified atom stereocenters. The summed E-state index contributed by atoms with van der Waals surface area (Å²) in [7, 11) is 0. The molecule has 1 saturated heterocycles. The maximum atomic E-state index is 12.8. The van der Waals surface area contributed by atoms with Crippen molar-refractivity contribution in [2.45, 2.75) is 20.0 Å². The third-order valence-electron chi connectivity index (χ3n) is 4.34. The highest BCUT2D eigenvalue weighted by molar-refractivity contribution is 5.92. The van der Waals surface area contributed by atoms with Crippen molar-refractivity contribution in [3.05, 3.63) is 53.7 Å². The van der Waals surface area contributed by atoms with Crippen LogP contribution in [0.1, 0.15) is 29.7 Å². The molecule has 1 aromatic carbocycles. The van der Waals surface area contributed by atoms with Gasteiger partial charge in [0, 0.05) is 13.1 Å². The summed E-state index contributed by atoms with van der Waals surface area (Å²) in [4.78, 5) is 25.2. The molecule has 1 fully saturated rings. The predicted octanol–water partition coefficient (Wildman–Crippen LogP) is 2.93. The molecule has 0 saturated carbocycles. The molecular weight excluding hydrogens is 329 g/mol. The first-order valence-electron chi connectivity index (χ1n) is 7.87. The SMILES string of the molecule is CC1(C(=O)O)CCN(C(=O)c2ccc(COc3ccc(F)cc3)o2)C1. The molecular formula is C18H18FNO5. The zero-order valence-electron chi connectivity index (χ0n) is 13.7. The van der Waals surface area contributed by atoms with Gasteiger partial charge in [0.25, 0.3) is 5.91 Å². The lowest BCUT2D eigenvalue weighted by Crippen LogP contribution is -2.34. The monoisotopic (exact) mass is 347 g/mol. The zero-order valence-corrected chi connectivity index (χ0v) is 13.7. The van der Waals surface area contributed by atoms with Crippen LogP contribution in [0.4, 0.5) is 4.39 Å². The number of nitrogens with zero attached hydrogens (tertiary/aromatic N) is 1. The number of aliphatic carboxylic acids is 1. The zero-order chi connectivity index (χ0) is 18.0. The Hall–Kier alpha value is -2.83. The summed E-state index contributed by atoms with van der Waals surface area (Å²) in [5.41, 5.74) is -0.920. The van der Waals surface area contributed by atoms with Crippen LogP contribution in [0.5, 0.6) is 5.75 Å². The summed E-state index contributed by atoms with van der Waals surface area (Å²) in [5, 5.41) is 9.24. The summed E-state index contributed by atoms with van der Waals surface area (Å²) in [6.45, 7) is 2.27. The number of carbonyl (C=O) groups excluding carboxylic acids is 1. The van der Waals surface area contributed by atoms with Crippen molar-refractivity contribution < 1.29 is 28.2 Å². The lowest BCUT2D eigenvalue weighted by atomic mass is 9.90. The van der Waals surface area contributed by atoms with E-state index in [-0.39, 0.29) is 30.6 Å². The lowest BCUT2D eigenvalue weighted by molar-refractivity contribution is -0.147. The Labute approximate surface area is 143 Å². The Kier molecular flexibility index (Phi) is 4.48. The molecule has 1 atom stereocenters. The van der Waals surface area contributed by atoms with Crippen LogP contribution >= 0.6 is 0 Å². The minimum atomic E-state index is -0.920. The molecule has 1 aliphatic heterocycles. The van der Waals surface area contributed by atoms with Crippen molar-refractivity contribution in [2.75, 3.05) is 13.1 Å². The average Bonchev–Trinajstić information content (AvgIpc) is 3.21. The molecule has 3 rings (SSSR count). The third kappa shape index (κ3) is 3.65. The lowest BCUT2D eigenvalue weighted by Gasteiger charge is -2.19. The van der Waals surface area contributed by atoms with Crippen LogP contribution in [0.3, 0.4) is 0 Å². The highest BCUT2D eigenvalue weighted by Crippen LogP contribution is 2.31. The van der Waals surface area contributed by atoms with E-state index in [9.17, 15) is 19.1 Å². The number of carbonyl (C=O) groups is 2. The average molecular weight is 347 g/mol. The first-order chi connectivity index (χ1) is 11.9. The molecule has 6 nitrogen and oxygen atoms in total. The van der Waals surface area contributed by atoms with Crippen molar-refractivity contribution in [1.29, 1.82) is 0 Å². The van der Waals surface area contributed by atoms with E-state index in [1.807, 2.05) is 0 Å². The predicted molar refractivity (Wildman–Crippen MR) is 85.7 cm³/mol. The number of hydrogen-bond donors (Lipinski definition) is 1. The van der Waals surface area contributed by atoms with Gasteiger partial charge in [-0.05, 0) is 49.7 Å². The number of likely N-dealkylation sites (tertiary alicyclic amines) is 1. The van der Waals surface area contributed by atoms with Crippen LogP contribution in [0, 0.1) is 11.2 Å². The van der Waals surface area contributed by atoms with E-state index in [0.29, 0.717) is 24.5 Å². The van der Waals surface area contributed by atoms with Crippen LogP contribution < -0.4 is 4.74 Å². The van der Waals surface area contributed by atoms with Crippen LogP contribution in [0.2, 0.25) is 0 Å². The van der Waals surface area contributed by atoms with Gasteiger partial charge in [-0.15, -0.1) is 0 Å². The Morgan fingerprint density at radius 1 is 1.28 bits per heavy atom. The number of furan rings is 1. The summed E-state index contributed by atoms with van der Waals surface area (Å²) >= 11 is 0. The van der Waals surface area contributed by atoms with Crippen LogP contribution in [-0.2, 0) is 11.4 Å². The summed E-state index contributed by atoms with van der Waals surface area (Å²) in [6, 6.07) is 8.76. The molecule has 7 heteroatoms. The molecule has 0 bridgehead atoms. The molecule has 0 spiro atoms. The van der Waals surface area contributed by atoms with E-state index in [1.54, 1.807) is 19.1 Å². The number of hydrogen-bond acceptors (Lipinski definition) is 4. The topological polar surface area (TPSA) is 80.0 Å². The second-order valence-corrected chi connectivity index (χ2v) is 6.35. The molecule has 1 aliphatic rings. The van der Waals surface area contributed by atoms with Gasteiger partial charge in [0.1, 0.15) is 23.9 Å². The van der Waals surface area contributed by atoms with Gasteiger partial charge in [0.2, 0.25) is 0 Å². The third-order valence-corrected chi connectivity index (χ3v) is 4.34. The molecule has 2 aromatic rings. The van der Waals surface area contributed by atoms with Crippen LogP contribution in [-0.4, -0.2) is 35.0 Å². The smallest absolute Gasteiger partial charge is 0.311 e. The van der Waals surface area contributed by atoms with Gasteiger partial charge >= 0.3 is 5.97 Å². The fraction of sp³-hybridized carbons (Fsp3) is 0.333. The second kappa shape index (κ2) is 6.58. The second-order valence-electron chi connectivity index (χ2n) is 6.35. The quantitative estimate of drug-likeness (QED) is 0.899. The molecule has 1 amide bonds. The fourth-order valence-corrected chi connectivity index (χ4v) is 2.72. The Balaban J connectivity index is 1.60. The van der Waals surface area contributed by atoms with Gasteiger partial charge in [0.15, 0.2) is 5.76 Å². The van der Waals surface area contributed by atoms with Gasteiger partial charge in [-0.1, -0.05) is 0 Å². The van der Waals surface area contributed by atoms with E-state index in [1.165, 1.54) is 29.2 Å².